The van der Waals surface area contributed by atoms with Crippen LogP contribution in [0.1, 0.15) is 58.1 Å². The predicted molar refractivity (Wildman–Crippen MR) is 138 cm³/mol. The molecule has 2 aromatic carbocycles. The lowest BCUT2D eigenvalue weighted by Crippen LogP contribution is -2.38. The second-order valence-corrected chi connectivity index (χ2v) is 11.1. The maximum absolute atomic E-state index is 13.0. The van der Waals surface area contributed by atoms with E-state index in [0.717, 1.165) is 17.5 Å². The van der Waals surface area contributed by atoms with Crippen molar-refractivity contribution in [2.24, 2.45) is 10.8 Å². The quantitative estimate of drug-likeness (QED) is 0.513. The molecule has 0 spiro atoms. The Labute approximate surface area is 210 Å². The number of nitrogens with zero attached hydrogens (tertiary/aromatic N) is 1. The molecule has 1 aliphatic heterocycles. The van der Waals surface area contributed by atoms with Gasteiger partial charge in [-0.1, -0.05) is 64.1 Å². The lowest BCUT2D eigenvalue weighted by Gasteiger charge is -2.34. The minimum Gasteiger partial charge on any atom is -0.493 e. The van der Waals surface area contributed by atoms with E-state index in [2.05, 4.69) is 20.8 Å². The number of benzene rings is 2. The van der Waals surface area contributed by atoms with Crippen LogP contribution in [0.3, 0.4) is 0 Å². The molecule has 1 aliphatic rings. The molecule has 0 aliphatic carbocycles. The molecule has 1 fully saturated rings. The zero-order valence-corrected chi connectivity index (χ0v) is 22.0. The highest BCUT2D eigenvalue weighted by Gasteiger charge is 2.48. The van der Waals surface area contributed by atoms with Crippen molar-refractivity contribution >= 4 is 5.91 Å². The molecule has 0 radical (unpaired) electrons. The van der Waals surface area contributed by atoms with Gasteiger partial charge in [0.15, 0.2) is 11.5 Å². The van der Waals surface area contributed by atoms with Gasteiger partial charge in [0.25, 0.3) is 0 Å². The van der Waals surface area contributed by atoms with Crippen LogP contribution in [0.2, 0.25) is 0 Å². The maximum atomic E-state index is 13.0. The van der Waals surface area contributed by atoms with Crippen LogP contribution in [0, 0.1) is 10.8 Å². The van der Waals surface area contributed by atoms with Gasteiger partial charge in [-0.25, -0.2) is 0 Å². The Bertz CT molecular complexity index is 969. The van der Waals surface area contributed by atoms with Gasteiger partial charge in [-0.05, 0) is 42.0 Å². The topological polar surface area (TPSA) is 68.2 Å². The summed E-state index contributed by atoms with van der Waals surface area (Å²) < 4.78 is 17.3. The minimum atomic E-state index is -0.595. The number of hydrogen-bond acceptors (Lipinski definition) is 5. The Morgan fingerprint density at radius 3 is 2.51 bits per heavy atom. The first-order valence-corrected chi connectivity index (χ1v) is 12.4. The van der Waals surface area contributed by atoms with E-state index in [-0.39, 0.29) is 23.8 Å². The second-order valence-electron chi connectivity index (χ2n) is 11.1. The third-order valence-corrected chi connectivity index (χ3v) is 7.07. The zero-order chi connectivity index (χ0) is 25.6. The van der Waals surface area contributed by atoms with E-state index in [1.165, 1.54) is 0 Å². The van der Waals surface area contributed by atoms with Gasteiger partial charge >= 0.3 is 0 Å². The molecule has 3 rings (SSSR count). The first kappa shape index (κ1) is 27.0. The van der Waals surface area contributed by atoms with Crippen LogP contribution < -0.4 is 9.47 Å². The molecule has 6 heteroatoms. The Hall–Kier alpha value is -2.57. The monoisotopic (exact) mass is 483 g/mol. The molecule has 0 saturated carbocycles. The van der Waals surface area contributed by atoms with Crippen molar-refractivity contribution in [1.29, 1.82) is 0 Å². The Morgan fingerprint density at radius 2 is 1.89 bits per heavy atom. The second kappa shape index (κ2) is 11.4. The first-order valence-electron chi connectivity index (χ1n) is 12.4. The number of likely N-dealkylation sites (tertiary alicyclic amines) is 1. The number of methoxy groups -OCH3 is 1. The van der Waals surface area contributed by atoms with Gasteiger partial charge in [-0.15, -0.1) is 0 Å². The highest BCUT2D eigenvalue weighted by molar-refractivity contribution is 5.78. The highest BCUT2D eigenvalue weighted by Crippen LogP contribution is 2.47. The molecule has 3 unspecified atom stereocenters. The van der Waals surface area contributed by atoms with Crippen molar-refractivity contribution in [3.8, 4) is 11.5 Å². The zero-order valence-electron chi connectivity index (χ0n) is 22.0. The minimum absolute atomic E-state index is 0.0152. The number of carbonyl (C=O) groups excluding carboxylic acids is 1. The highest BCUT2D eigenvalue weighted by atomic mass is 16.5. The lowest BCUT2D eigenvalue weighted by molar-refractivity contribution is -0.136. The predicted octanol–water partition coefficient (Wildman–Crippen LogP) is 5.04. The van der Waals surface area contributed by atoms with E-state index in [1.807, 2.05) is 60.4 Å². The average molecular weight is 484 g/mol. The van der Waals surface area contributed by atoms with Gasteiger partial charge in [0, 0.05) is 24.4 Å². The molecule has 3 atom stereocenters. The van der Waals surface area contributed by atoms with Crippen molar-refractivity contribution in [3.63, 3.8) is 0 Å². The molecule has 1 heterocycles. The summed E-state index contributed by atoms with van der Waals surface area (Å²) in [6.45, 7) is 12.4. The summed E-state index contributed by atoms with van der Waals surface area (Å²) in [5.41, 5.74) is 1.74. The Kier molecular flexibility index (Phi) is 8.84. The molecular weight excluding hydrogens is 442 g/mol. The normalized spacial score (nSPS) is 21.1. The maximum Gasteiger partial charge on any atom is 0.248 e. The summed E-state index contributed by atoms with van der Waals surface area (Å²) in [5.74, 6) is 1.27. The van der Waals surface area contributed by atoms with E-state index >= 15 is 0 Å². The average Bonchev–Trinajstić information content (AvgIpc) is 3.18. The SMILES string of the molecule is COc1ccc(C2CN(C(=O)COCc3ccccc3)CC2(C)C(C)O)cc1OCCC(C)(C)C. The fourth-order valence-electron chi connectivity index (χ4n) is 4.53. The van der Waals surface area contributed by atoms with Crippen LogP contribution >= 0.6 is 0 Å². The number of rotatable bonds is 10. The summed E-state index contributed by atoms with van der Waals surface area (Å²) in [4.78, 5) is 14.8. The van der Waals surface area contributed by atoms with E-state index in [4.69, 9.17) is 14.2 Å². The van der Waals surface area contributed by atoms with Crippen LogP contribution in [0.25, 0.3) is 0 Å². The number of hydrogen-bond donors (Lipinski definition) is 1. The summed E-state index contributed by atoms with van der Waals surface area (Å²) in [6, 6.07) is 15.8. The largest absolute Gasteiger partial charge is 0.493 e. The molecular formula is C29H41NO5. The lowest BCUT2D eigenvalue weighted by atomic mass is 9.72. The van der Waals surface area contributed by atoms with E-state index in [1.54, 1.807) is 14.0 Å². The van der Waals surface area contributed by atoms with Crippen LogP contribution in [0.5, 0.6) is 11.5 Å². The summed E-state index contributed by atoms with van der Waals surface area (Å²) in [5, 5.41) is 10.7. The van der Waals surface area contributed by atoms with Crippen LogP contribution in [0.15, 0.2) is 48.5 Å². The molecule has 0 bridgehead atoms. The van der Waals surface area contributed by atoms with Crippen molar-refractivity contribution < 1.29 is 24.1 Å². The summed E-state index contributed by atoms with van der Waals surface area (Å²) >= 11 is 0. The van der Waals surface area contributed by atoms with Crippen molar-refractivity contribution in [2.75, 3.05) is 33.4 Å². The van der Waals surface area contributed by atoms with Crippen molar-refractivity contribution in [2.45, 2.75) is 59.7 Å². The van der Waals surface area contributed by atoms with E-state index in [9.17, 15) is 9.90 Å². The van der Waals surface area contributed by atoms with Crippen LogP contribution in [-0.2, 0) is 16.1 Å². The molecule has 35 heavy (non-hydrogen) atoms. The Balaban J connectivity index is 1.73. The number of ether oxygens (including phenoxy) is 3. The summed E-state index contributed by atoms with van der Waals surface area (Å²) in [6.07, 6.45) is 0.323. The van der Waals surface area contributed by atoms with Gasteiger partial charge in [0.2, 0.25) is 5.91 Å². The fraction of sp³-hybridized carbons (Fsp3) is 0.552. The molecule has 6 nitrogen and oxygen atoms in total. The molecule has 1 saturated heterocycles. The number of aliphatic hydroxyl groups is 1. The third kappa shape index (κ3) is 6.98. The van der Waals surface area contributed by atoms with E-state index in [0.29, 0.717) is 37.8 Å². The molecule has 1 amide bonds. The molecule has 2 aromatic rings. The summed E-state index contributed by atoms with van der Waals surface area (Å²) in [7, 11) is 1.64. The van der Waals surface area contributed by atoms with Crippen LogP contribution in [-0.4, -0.2) is 55.4 Å². The van der Waals surface area contributed by atoms with Gasteiger partial charge in [-0.3, -0.25) is 4.79 Å². The van der Waals surface area contributed by atoms with Gasteiger partial charge in [0.1, 0.15) is 6.61 Å². The third-order valence-electron chi connectivity index (χ3n) is 7.07. The van der Waals surface area contributed by atoms with Crippen LogP contribution in [0.4, 0.5) is 0 Å². The number of amides is 1. The van der Waals surface area contributed by atoms with E-state index < -0.39 is 11.5 Å². The Morgan fingerprint density at radius 1 is 1.17 bits per heavy atom. The molecule has 0 aromatic heterocycles. The first-order chi connectivity index (χ1) is 16.5. The van der Waals surface area contributed by atoms with Crippen molar-refractivity contribution in [3.05, 3.63) is 59.7 Å². The fourth-order valence-corrected chi connectivity index (χ4v) is 4.53. The van der Waals surface area contributed by atoms with Gasteiger partial charge < -0.3 is 24.2 Å². The van der Waals surface area contributed by atoms with Crippen molar-refractivity contribution in [1.82, 2.24) is 4.90 Å². The smallest absolute Gasteiger partial charge is 0.248 e. The standard InChI is InChI=1S/C29H41NO5/c1-21(31)29(5)20-30(27(32)19-34-18-22-10-8-7-9-11-22)17-24(29)23-12-13-25(33-6)26(16-23)35-15-14-28(2,3)4/h7-13,16,21,24,31H,14-15,17-20H2,1-6H3. The molecule has 1 N–H and O–H groups in total. The van der Waals surface area contributed by atoms with Gasteiger partial charge in [-0.2, -0.15) is 0 Å². The van der Waals surface area contributed by atoms with Gasteiger partial charge in [0.05, 0.1) is 26.4 Å². The molecule has 192 valence electrons. The number of aliphatic hydroxyl groups excluding tert-OH is 1. The number of carbonyl (C=O) groups is 1.